The predicted molar refractivity (Wildman–Crippen MR) is 18.5 cm³/mol. The highest BCUT2D eigenvalue weighted by Crippen LogP contribution is 1.81. The topological polar surface area (TPSA) is 40.5 Å². The second kappa shape index (κ2) is 9.95. The van der Waals surface area contributed by atoms with Gasteiger partial charge < -0.3 is 9.79 Å². The van der Waals surface area contributed by atoms with E-state index in [0.717, 1.165) is 0 Å². The van der Waals surface area contributed by atoms with Crippen molar-refractivity contribution < 1.29 is 9.79 Å². The van der Waals surface area contributed by atoms with Gasteiger partial charge in [0.05, 0.1) is 0 Å². The average molecular weight is 76.8 g/mol. The van der Waals surface area contributed by atoms with E-state index in [1.165, 1.54) is 0 Å². The van der Waals surface area contributed by atoms with Crippen molar-refractivity contribution in [2.45, 2.75) is 0 Å². The molecule has 0 aliphatic carbocycles. The molecule has 0 saturated heterocycles. The van der Waals surface area contributed by atoms with Gasteiger partial charge in [0, 0.05) is 8.41 Å². The Balaban J connectivity index is 0. The molecule has 0 aliphatic heterocycles. The summed E-state index contributed by atoms with van der Waals surface area (Å²) in [6, 6.07) is 0. The van der Waals surface area contributed by atoms with Crippen LogP contribution >= 0.6 is 9.03 Å². The van der Waals surface area contributed by atoms with Gasteiger partial charge in [0.15, 0.2) is 0 Å². The molecule has 2 nitrogen and oxygen atoms in total. The van der Waals surface area contributed by atoms with Crippen molar-refractivity contribution in [3.63, 3.8) is 0 Å². The third-order valence-corrected chi connectivity index (χ3v) is 0. The normalized spacial score (nSPS) is 4.50. The van der Waals surface area contributed by atoms with Gasteiger partial charge in [-0.25, -0.2) is 0 Å². The van der Waals surface area contributed by atoms with E-state index in [2.05, 4.69) is 0 Å². The van der Waals surface area contributed by atoms with Crippen molar-refractivity contribution in [1.29, 1.82) is 0 Å². The fraction of sp³-hybridized carbons (Fsp3) is 0. The van der Waals surface area contributed by atoms with E-state index in [1.807, 2.05) is 0 Å². The molecule has 0 aromatic rings. The lowest BCUT2D eigenvalue weighted by Gasteiger charge is -1.54. The van der Waals surface area contributed by atoms with Gasteiger partial charge in [-0.05, 0) is 0 Å². The highest BCUT2D eigenvalue weighted by molar-refractivity contribution is 7.23. The van der Waals surface area contributed by atoms with Crippen molar-refractivity contribution in [2.75, 3.05) is 0 Å². The Morgan fingerprint density at radius 2 is 1.25 bits per heavy atom. The molecular weight excluding hydrogens is 73.8 g/mol. The van der Waals surface area contributed by atoms with E-state index in [4.69, 9.17) is 9.79 Å². The molecule has 0 aliphatic rings. The smallest absolute Gasteiger partial charge is 0.149 e. The predicted octanol–water partition coefficient (Wildman–Crippen LogP) is -0.901. The second-order valence-corrected chi connectivity index (χ2v) is 0.300. The maximum atomic E-state index is 7.15. The minimum atomic E-state index is -0.917. The van der Waals surface area contributed by atoms with Crippen LogP contribution in [0.5, 0.6) is 0 Å². The van der Waals surface area contributed by atoms with Crippen molar-refractivity contribution in [1.82, 2.24) is 0 Å². The van der Waals surface area contributed by atoms with Crippen LogP contribution in [-0.2, 0) is 0 Å². The van der Waals surface area contributed by atoms with Crippen LogP contribution < -0.4 is 0 Å². The first kappa shape index (κ1) is 8.83. The van der Waals surface area contributed by atoms with Crippen LogP contribution in [0.25, 0.3) is 0 Å². The van der Waals surface area contributed by atoms with Gasteiger partial charge in [0.1, 0.15) is 9.03 Å². The Labute approximate surface area is 28.4 Å². The number of rotatable bonds is 0. The summed E-state index contributed by atoms with van der Waals surface area (Å²) in [5.41, 5.74) is 0. The lowest BCUT2D eigenvalue weighted by Crippen LogP contribution is -1.24. The third kappa shape index (κ3) is 28.1. The minimum absolute atomic E-state index is 0. The van der Waals surface area contributed by atoms with Gasteiger partial charge in [-0.3, -0.25) is 0 Å². The Hall–Kier alpha value is 0.415. The van der Waals surface area contributed by atoms with Crippen LogP contribution in [0.3, 0.4) is 0 Å². The van der Waals surface area contributed by atoms with Crippen molar-refractivity contribution in [3.05, 3.63) is 0 Å². The first-order valence-electron chi connectivity index (χ1n) is 0.447. The average Bonchev–Trinajstić information content (AvgIpc) is 0.918. The van der Waals surface area contributed by atoms with Crippen molar-refractivity contribution in [2.24, 2.45) is 0 Å². The Morgan fingerprint density at radius 1 is 1.25 bits per heavy atom. The molecule has 0 fully saturated rings. The summed E-state index contributed by atoms with van der Waals surface area (Å²) in [5.74, 6) is 0. The lowest BCUT2D eigenvalue weighted by molar-refractivity contribution is 0.513. The zero-order valence-corrected chi connectivity index (χ0v) is 2.97. The highest BCUT2D eigenvalue weighted by atomic mass is 31.1. The van der Waals surface area contributed by atoms with Crippen LogP contribution in [0.2, 0.25) is 0 Å². The maximum Gasteiger partial charge on any atom is 0.149 e. The highest BCUT2D eigenvalue weighted by Gasteiger charge is 1.34. The van der Waals surface area contributed by atoms with E-state index in [9.17, 15) is 0 Å². The van der Waals surface area contributed by atoms with Crippen LogP contribution in [0.15, 0.2) is 0 Å². The summed E-state index contributed by atoms with van der Waals surface area (Å²) in [6.07, 6.45) is 0. The molecule has 3 radical (unpaired) electrons. The first-order chi connectivity index (χ1) is 1.41. The maximum absolute atomic E-state index is 7.15. The molecule has 0 spiro atoms. The minimum Gasteiger partial charge on any atom is -0.352 e. The van der Waals surface area contributed by atoms with Crippen LogP contribution in [0.4, 0.5) is 0 Å². The van der Waals surface area contributed by atoms with Crippen LogP contribution in [0, 0.1) is 0 Å². The summed E-state index contributed by atoms with van der Waals surface area (Å²) >= 11 is 0. The van der Waals surface area contributed by atoms with Crippen molar-refractivity contribution in [3.8, 4) is 0 Å². The Kier molecular flexibility index (Phi) is 22.0. The molecule has 0 unspecified atom stereocenters. The monoisotopic (exact) mass is 77.0 g/mol. The molecule has 4 heavy (non-hydrogen) atoms. The number of hydrogen-bond acceptors (Lipinski definition) is 2. The fourth-order valence-electron chi connectivity index (χ4n) is 0. The van der Waals surface area contributed by atoms with E-state index < -0.39 is 9.03 Å². The SMILES string of the molecule is OPO.[B]. The molecule has 0 aromatic carbocycles. The largest absolute Gasteiger partial charge is 0.352 e. The summed E-state index contributed by atoms with van der Waals surface area (Å²) in [4.78, 5) is 14.3. The second-order valence-electron chi connectivity index (χ2n) is 0.100. The van der Waals surface area contributed by atoms with Crippen LogP contribution in [0.1, 0.15) is 0 Å². The van der Waals surface area contributed by atoms with Gasteiger partial charge >= 0.3 is 0 Å². The molecule has 0 heterocycles. The summed E-state index contributed by atoms with van der Waals surface area (Å²) in [7, 11) is -0.917. The third-order valence-electron chi connectivity index (χ3n) is 0. The Morgan fingerprint density at radius 3 is 1.25 bits per heavy atom. The molecule has 2 N–H and O–H groups in total. The van der Waals surface area contributed by atoms with Gasteiger partial charge in [0.25, 0.3) is 0 Å². The lowest BCUT2D eigenvalue weighted by atomic mass is 10.8. The molecule has 0 atom stereocenters. The summed E-state index contributed by atoms with van der Waals surface area (Å²) in [5, 5.41) is 0. The van der Waals surface area contributed by atoms with Crippen LogP contribution in [-0.4, -0.2) is 18.2 Å². The van der Waals surface area contributed by atoms with Gasteiger partial charge in [0.2, 0.25) is 0 Å². The van der Waals surface area contributed by atoms with Crippen molar-refractivity contribution >= 4 is 17.4 Å². The summed E-state index contributed by atoms with van der Waals surface area (Å²) < 4.78 is 0. The molecule has 23 valence electrons. The molecular formula is H3BO2P. The summed E-state index contributed by atoms with van der Waals surface area (Å²) in [6.45, 7) is 0. The quantitative estimate of drug-likeness (QED) is 0.290. The standard InChI is InChI=1S/B.H3O2P/c;1-3-2/h;1-3H. The number of hydrogen-bond donors (Lipinski definition) is 2. The van der Waals surface area contributed by atoms with E-state index in [0.29, 0.717) is 0 Å². The van der Waals surface area contributed by atoms with Gasteiger partial charge in [-0.15, -0.1) is 0 Å². The molecule has 0 saturated carbocycles. The Bertz CT molecular complexity index is 6.00. The molecule has 0 amide bonds. The molecule has 0 rings (SSSR count). The fourth-order valence-corrected chi connectivity index (χ4v) is 0. The zero-order chi connectivity index (χ0) is 2.71. The molecule has 0 bridgehead atoms. The van der Waals surface area contributed by atoms with E-state index in [1.54, 1.807) is 0 Å². The van der Waals surface area contributed by atoms with Gasteiger partial charge in [-0.1, -0.05) is 0 Å². The first-order valence-corrected chi connectivity index (χ1v) is 1.34. The zero-order valence-electron chi connectivity index (χ0n) is 1.97. The van der Waals surface area contributed by atoms with E-state index >= 15 is 0 Å². The molecule has 0 aromatic heterocycles. The molecule has 4 heteroatoms. The van der Waals surface area contributed by atoms with Gasteiger partial charge in [-0.2, -0.15) is 0 Å². The van der Waals surface area contributed by atoms with E-state index in [-0.39, 0.29) is 8.41 Å².